The number of H-pyrrole nitrogens is 1. The monoisotopic (exact) mass is 456 g/mol. The zero-order valence-electron chi connectivity index (χ0n) is 19.2. The third-order valence-corrected chi connectivity index (χ3v) is 6.46. The fourth-order valence-electron chi connectivity index (χ4n) is 4.57. The van der Waals surface area contributed by atoms with Gasteiger partial charge in [0.1, 0.15) is 17.1 Å². The first-order valence-electron chi connectivity index (χ1n) is 11.7. The van der Waals surface area contributed by atoms with Crippen LogP contribution in [0.15, 0.2) is 60.7 Å². The average molecular weight is 457 g/mol. The van der Waals surface area contributed by atoms with E-state index in [0.29, 0.717) is 23.9 Å². The molecule has 5 rings (SSSR count). The van der Waals surface area contributed by atoms with Gasteiger partial charge in [-0.1, -0.05) is 36.4 Å². The molecule has 0 spiro atoms. The van der Waals surface area contributed by atoms with Gasteiger partial charge in [0.05, 0.1) is 17.7 Å². The van der Waals surface area contributed by atoms with Gasteiger partial charge in [-0.3, -0.25) is 0 Å². The lowest BCUT2D eigenvalue weighted by Gasteiger charge is -2.21. The predicted molar refractivity (Wildman–Crippen MR) is 132 cm³/mol. The number of carboxylic acid groups (broad SMARTS) is 1. The van der Waals surface area contributed by atoms with Crippen molar-refractivity contribution in [3.63, 3.8) is 0 Å². The number of hydrogen-bond donors (Lipinski definition) is 2. The summed E-state index contributed by atoms with van der Waals surface area (Å²) in [5.41, 5.74) is 5.36. The summed E-state index contributed by atoms with van der Waals surface area (Å²) in [4.78, 5) is 19.2. The summed E-state index contributed by atoms with van der Waals surface area (Å²) in [7, 11) is 0. The van der Waals surface area contributed by atoms with Gasteiger partial charge in [0.15, 0.2) is 0 Å². The summed E-state index contributed by atoms with van der Waals surface area (Å²) in [6, 6.07) is 19.9. The van der Waals surface area contributed by atoms with Crippen LogP contribution in [-0.4, -0.2) is 40.9 Å². The molecule has 34 heavy (non-hydrogen) atoms. The molecular weight excluding hydrogens is 428 g/mol. The van der Waals surface area contributed by atoms with Crippen molar-refractivity contribution in [1.29, 1.82) is 0 Å². The smallest absolute Gasteiger partial charge is 0.337 e. The topological polar surface area (TPSA) is 84.4 Å². The number of aromatic carboxylic acids is 1. The molecule has 2 N–H and O–H groups in total. The number of rotatable bonds is 7. The highest BCUT2D eigenvalue weighted by Gasteiger charge is 2.15. The van der Waals surface area contributed by atoms with Crippen LogP contribution in [0.25, 0.3) is 33.3 Å². The molecule has 0 bridgehead atoms. The first-order chi connectivity index (χ1) is 16.6. The Bertz CT molecular complexity index is 1300. The Labute approximate surface area is 198 Å². The standard InChI is InChI=1S/C28H28N2O4/c1-18-29-26-17-23(16-25(28(31)32)27(26)30-18)21-7-5-20(6-8-21)22-3-2-4-24(15-22)34-14-11-19-9-12-33-13-10-19/h2-8,15-17,19H,9-14H2,1H3,(H,29,30)(H,31,32). The van der Waals surface area contributed by atoms with Crippen LogP contribution in [0.5, 0.6) is 5.75 Å². The number of aryl methyl sites for hydroxylation is 1. The molecular formula is C28H28N2O4. The van der Waals surface area contributed by atoms with Crippen molar-refractivity contribution < 1.29 is 19.4 Å². The van der Waals surface area contributed by atoms with Crippen LogP contribution in [0.3, 0.4) is 0 Å². The summed E-state index contributed by atoms with van der Waals surface area (Å²) >= 11 is 0. The number of fused-ring (bicyclic) bond motifs is 1. The number of benzene rings is 3. The molecule has 0 amide bonds. The Morgan fingerprint density at radius 1 is 1.03 bits per heavy atom. The molecule has 0 atom stereocenters. The molecule has 0 radical (unpaired) electrons. The van der Waals surface area contributed by atoms with E-state index in [0.717, 1.165) is 66.0 Å². The van der Waals surface area contributed by atoms with Crippen molar-refractivity contribution in [1.82, 2.24) is 9.97 Å². The number of imidazole rings is 1. The lowest BCUT2D eigenvalue weighted by atomic mass is 9.97. The molecule has 174 valence electrons. The largest absolute Gasteiger partial charge is 0.494 e. The second-order valence-electron chi connectivity index (χ2n) is 8.85. The van der Waals surface area contributed by atoms with E-state index < -0.39 is 5.97 Å². The third-order valence-electron chi connectivity index (χ3n) is 6.46. The third kappa shape index (κ3) is 4.82. The Hall–Kier alpha value is -3.64. The van der Waals surface area contributed by atoms with Gasteiger partial charge in [0, 0.05) is 13.2 Å². The Kier molecular flexibility index (Phi) is 6.32. The number of nitrogens with one attached hydrogen (secondary N) is 1. The van der Waals surface area contributed by atoms with Crippen molar-refractivity contribution in [3.05, 3.63) is 72.1 Å². The van der Waals surface area contributed by atoms with Crippen molar-refractivity contribution in [3.8, 4) is 28.0 Å². The molecule has 0 aliphatic carbocycles. The SMILES string of the molecule is Cc1nc2c(C(=O)O)cc(-c3ccc(-c4cccc(OCCC5CCOCC5)c4)cc3)cc2[nH]1. The zero-order valence-corrected chi connectivity index (χ0v) is 19.2. The molecule has 1 saturated heterocycles. The highest BCUT2D eigenvalue weighted by Crippen LogP contribution is 2.30. The van der Waals surface area contributed by atoms with Gasteiger partial charge in [0.25, 0.3) is 0 Å². The van der Waals surface area contributed by atoms with Crippen LogP contribution in [0.1, 0.15) is 35.4 Å². The van der Waals surface area contributed by atoms with E-state index in [1.807, 2.05) is 37.3 Å². The molecule has 1 aliphatic heterocycles. The van der Waals surface area contributed by atoms with Crippen molar-refractivity contribution in [2.45, 2.75) is 26.2 Å². The van der Waals surface area contributed by atoms with Crippen LogP contribution in [0, 0.1) is 12.8 Å². The fourth-order valence-corrected chi connectivity index (χ4v) is 4.57. The Morgan fingerprint density at radius 2 is 1.76 bits per heavy atom. The van der Waals surface area contributed by atoms with E-state index in [1.54, 1.807) is 6.07 Å². The lowest BCUT2D eigenvalue weighted by molar-refractivity contribution is 0.0593. The van der Waals surface area contributed by atoms with Crippen LogP contribution < -0.4 is 4.74 Å². The number of carboxylic acids is 1. The minimum absolute atomic E-state index is 0.200. The number of aromatic amines is 1. The highest BCUT2D eigenvalue weighted by molar-refractivity contribution is 6.03. The van der Waals surface area contributed by atoms with Crippen LogP contribution >= 0.6 is 0 Å². The number of nitrogens with zero attached hydrogens (tertiary/aromatic N) is 1. The minimum atomic E-state index is -0.983. The number of carbonyl (C=O) groups is 1. The van der Waals surface area contributed by atoms with Gasteiger partial charge in [0.2, 0.25) is 0 Å². The second kappa shape index (κ2) is 9.69. The normalized spacial score (nSPS) is 14.4. The average Bonchev–Trinajstić information content (AvgIpc) is 3.24. The predicted octanol–water partition coefficient (Wildman–Crippen LogP) is 6.10. The van der Waals surface area contributed by atoms with Gasteiger partial charge in [-0.2, -0.15) is 0 Å². The highest BCUT2D eigenvalue weighted by atomic mass is 16.5. The van der Waals surface area contributed by atoms with E-state index >= 15 is 0 Å². The molecule has 0 saturated carbocycles. The van der Waals surface area contributed by atoms with E-state index in [9.17, 15) is 9.90 Å². The van der Waals surface area contributed by atoms with Crippen molar-refractivity contribution in [2.24, 2.45) is 5.92 Å². The molecule has 0 unspecified atom stereocenters. The fraction of sp³-hybridized carbons (Fsp3) is 0.286. The maximum atomic E-state index is 11.8. The lowest BCUT2D eigenvalue weighted by Crippen LogP contribution is -2.17. The maximum absolute atomic E-state index is 11.8. The van der Waals surface area contributed by atoms with Gasteiger partial charge < -0.3 is 19.6 Å². The van der Waals surface area contributed by atoms with Gasteiger partial charge in [-0.05, 0) is 78.6 Å². The summed E-state index contributed by atoms with van der Waals surface area (Å²) in [5.74, 6) is 1.28. The number of aromatic nitrogens is 2. The summed E-state index contributed by atoms with van der Waals surface area (Å²) < 4.78 is 11.5. The Morgan fingerprint density at radius 3 is 2.50 bits per heavy atom. The minimum Gasteiger partial charge on any atom is -0.494 e. The van der Waals surface area contributed by atoms with E-state index in [1.165, 1.54) is 0 Å². The van der Waals surface area contributed by atoms with E-state index in [-0.39, 0.29) is 5.56 Å². The van der Waals surface area contributed by atoms with Gasteiger partial charge >= 0.3 is 5.97 Å². The van der Waals surface area contributed by atoms with Gasteiger partial charge in [-0.15, -0.1) is 0 Å². The second-order valence-corrected chi connectivity index (χ2v) is 8.85. The van der Waals surface area contributed by atoms with Crippen molar-refractivity contribution in [2.75, 3.05) is 19.8 Å². The molecule has 3 aromatic carbocycles. The molecule has 6 heteroatoms. The quantitative estimate of drug-likeness (QED) is 0.351. The first kappa shape index (κ1) is 22.2. The van der Waals surface area contributed by atoms with Crippen molar-refractivity contribution >= 4 is 17.0 Å². The summed E-state index contributed by atoms with van der Waals surface area (Å²) in [6.07, 6.45) is 3.30. The summed E-state index contributed by atoms with van der Waals surface area (Å²) in [6.45, 7) is 4.27. The molecule has 1 aromatic heterocycles. The number of ether oxygens (including phenoxy) is 2. The summed E-state index contributed by atoms with van der Waals surface area (Å²) in [5, 5.41) is 9.65. The molecule has 4 aromatic rings. The van der Waals surface area contributed by atoms with E-state index in [4.69, 9.17) is 9.47 Å². The van der Waals surface area contributed by atoms with Gasteiger partial charge in [-0.25, -0.2) is 9.78 Å². The maximum Gasteiger partial charge on any atom is 0.337 e. The molecule has 6 nitrogen and oxygen atoms in total. The number of hydrogen-bond acceptors (Lipinski definition) is 4. The molecule has 1 fully saturated rings. The van der Waals surface area contributed by atoms with Crippen LogP contribution in [-0.2, 0) is 4.74 Å². The zero-order chi connectivity index (χ0) is 23.5. The Balaban J connectivity index is 1.32. The molecule has 1 aliphatic rings. The van der Waals surface area contributed by atoms with Crippen LogP contribution in [0.2, 0.25) is 0 Å². The first-order valence-corrected chi connectivity index (χ1v) is 11.7. The van der Waals surface area contributed by atoms with Crippen LogP contribution in [0.4, 0.5) is 0 Å². The molecule has 2 heterocycles. The van der Waals surface area contributed by atoms with E-state index in [2.05, 4.69) is 34.2 Å².